The molecule has 2 aliphatic heterocycles. The molecule has 1 unspecified atom stereocenters. The highest BCUT2D eigenvalue weighted by Crippen LogP contribution is 2.31. The standard InChI is InChI=1S/C17H26ClN3O3S.ClH/c1-17(5-6-19-12-17)13-20-7-9-21(10-8-20)25(22,23)16-11-14(18)3-4-15(16)24-2;/h3-4,11,19H,5-10,12-13H2,1-2H3;1H. The lowest BCUT2D eigenvalue weighted by Crippen LogP contribution is -2.51. The first-order chi connectivity index (χ1) is 11.8. The smallest absolute Gasteiger partial charge is 0.246 e. The van der Waals surface area contributed by atoms with Gasteiger partial charge in [0.15, 0.2) is 0 Å². The molecule has 2 saturated heterocycles. The predicted molar refractivity (Wildman–Crippen MR) is 106 cm³/mol. The van der Waals surface area contributed by atoms with E-state index >= 15 is 0 Å². The Morgan fingerprint density at radius 1 is 1.27 bits per heavy atom. The van der Waals surface area contributed by atoms with Gasteiger partial charge in [-0.25, -0.2) is 8.42 Å². The third-order valence-corrected chi connectivity index (χ3v) is 7.29. The molecule has 0 spiro atoms. The van der Waals surface area contributed by atoms with Crippen LogP contribution in [0.2, 0.25) is 5.02 Å². The Bertz CT molecular complexity index is 716. The lowest BCUT2D eigenvalue weighted by atomic mass is 9.89. The van der Waals surface area contributed by atoms with Crippen molar-refractivity contribution in [1.29, 1.82) is 0 Å². The number of nitrogens with one attached hydrogen (secondary N) is 1. The van der Waals surface area contributed by atoms with Crippen molar-refractivity contribution in [3.63, 3.8) is 0 Å². The monoisotopic (exact) mass is 423 g/mol. The first kappa shape index (κ1) is 21.7. The molecule has 2 heterocycles. The average molecular weight is 424 g/mol. The van der Waals surface area contributed by atoms with E-state index in [0.29, 0.717) is 23.9 Å². The number of halogens is 2. The number of nitrogens with zero attached hydrogens (tertiary/aromatic N) is 2. The fourth-order valence-corrected chi connectivity index (χ4v) is 5.50. The van der Waals surface area contributed by atoms with E-state index in [2.05, 4.69) is 17.1 Å². The summed E-state index contributed by atoms with van der Waals surface area (Å²) < 4.78 is 32.7. The number of benzene rings is 1. The van der Waals surface area contributed by atoms with Gasteiger partial charge in [-0.05, 0) is 36.6 Å². The first-order valence-corrected chi connectivity index (χ1v) is 10.4. The first-order valence-electron chi connectivity index (χ1n) is 8.61. The van der Waals surface area contributed by atoms with Gasteiger partial charge in [-0.3, -0.25) is 0 Å². The van der Waals surface area contributed by atoms with Crippen molar-refractivity contribution in [2.75, 3.05) is 52.9 Å². The molecule has 1 aromatic rings. The van der Waals surface area contributed by atoms with Crippen molar-refractivity contribution in [2.45, 2.75) is 18.2 Å². The summed E-state index contributed by atoms with van der Waals surface area (Å²) in [6, 6.07) is 4.69. The van der Waals surface area contributed by atoms with Gasteiger partial charge in [-0.2, -0.15) is 4.31 Å². The molecular formula is C17H27Cl2N3O3S. The summed E-state index contributed by atoms with van der Waals surface area (Å²) in [5, 5.41) is 3.80. The van der Waals surface area contributed by atoms with Gasteiger partial charge in [-0.1, -0.05) is 18.5 Å². The Labute approximate surface area is 167 Å². The molecule has 1 atom stereocenters. The minimum atomic E-state index is -3.61. The second-order valence-corrected chi connectivity index (χ2v) is 9.56. The summed E-state index contributed by atoms with van der Waals surface area (Å²) in [4.78, 5) is 2.51. The molecule has 0 aliphatic carbocycles. The highest BCUT2D eigenvalue weighted by atomic mass is 35.5. The van der Waals surface area contributed by atoms with E-state index in [1.807, 2.05) is 0 Å². The second-order valence-electron chi connectivity index (χ2n) is 7.21. The van der Waals surface area contributed by atoms with Crippen LogP contribution in [0.3, 0.4) is 0 Å². The van der Waals surface area contributed by atoms with Gasteiger partial charge in [0.1, 0.15) is 10.6 Å². The summed E-state index contributed by atoms with van der Waals surface area (Å²) in [6.07, 6.45) is 1.17. The molecule has 148 valence electrons. The van der Waals surface area contributed by atoms with E-state index in [4.69, 9.17) is 16.3 Å². The summed E-state index contributed by atoms with van der Waals surface area (Å²) in [5.41, 5.74) is 0.289. The Hall–Kier alpha value is -0.570. The minimum absolute atomic E-state index is 0. The molecular weight excluding hydrogens is 397 g/mol. The van der Waals surface area contributed by atoms with Gasteiger partial charge < -0.3 is 15.0 Å². The second kappa shape index (κ2) is 8.63. The quantitative estimate of drug-likeness (QED) is 0.785. The molecule has 1 N–H and O–H groups in total. The molecule has 26 heavy (non-hydrogen) atoms. The van der Waals surface area contributed by atoms with E-state index in [9.17, 15) is 8.42 Å². The average Bonchev–Trinajstić information content (AvgIpc) is 3.01. The summed E-state index contributed by atoms with van der Waals surface area (Å²) in [7, 11) is -2.14. The third-order valence-electron chi connectivity index (χ3n) is 5.14. The number of rotatable bonds is 5. The van der Waals surface area contributed by atoms with Crippen LogP contribution in [0.15, 0.2) is 23.1 Å². The Balaban J connectivity index is 0.00000243. The van der Waals surface area contributed by atoms with Crippen molar-refractivity contribution < 1.29 is 13.2 Å². The number of methoxy groups -OCH3 is 1. The van der Waals surface area contributed by atoms with E-state index in [0.717, 1.165) is 32.7 Å². The van der Waals surface area contributed by atoms with Crippen LogP contribution in [0.1, 0.15) is 13.3 Å². The number of sulfonamides is 1. The normalized spacial score (nSPS) is 25.0. The van der Waals surface area contributed by atoms with Gasteiger partial charge in [-0.15, -0.1) is 12.4 Å². The van der Waals surface area contributed by atoms with Crippen molar-refractivity contribution in [3.8, 4) is 5.75 Å². The molecule has 6 nitrogen and oxygen atoms in total. The number of piperazine rings is 1. The van der Waals surface area contributed by atoms with Crippen LogP contribution >= 0.6 is 24.0 Å². The molecule has 1 aromatic carbocycles. The van der Waals surface area contributed by atoms with E-state index in [1.54, 1.807) is 12.1 Å². The minimum Gasteiger partial charge on any atom is -0.495 e. The molecule has 0 aromatic heterocycles. The fraction of sp³-hybridized carbons (Fsp3) is 0.647. The molecule has 3 rings (SSSR count). The molecule has 2 aliphatic rings. The van der Waals surface area contributed by atoms with E-state index < -0.39 is 10.0 Å². The van der Waals surface area contributed by atoms with Gasteiger partial charge in [0.2, 0.25) is 10.0 Å². The van der Waals surface area contributed by atoms with Gasteiger partial charge in [0, 0.05) is 44.3 Å². The number of ether oxygens (including phenoxy) is 1. The van der Waals surface area contributed by atoms with Gasteiger partial charge in [0.05, 0.1) is 7.11 Å². The fourth-order valence-electron chi connectivity index (χ4n) is 3.66. The zero-order chi connectivity index (χ0) is 18.1. The van der Waals surface area contributed by atoms with Crippen LogP contribution < -0.4 is 10.1 Å². The van der Waals surface area contributed by atoms with Crippen molar-refractivity contribution >= 4 is 34.0 Å². The molecule has 0 saturated carbocycles. The zero-order valence-corrected chi connectivity index (χ0v) is 17.6. The Kier molecular flexibility index (Phi) is 7.21. The SMILES string of the molecule is COc1ccc(Cl)cc1S(=O)(=O)N1CCN(CC2(C)CCNC2)CC1.Cl. The van der Waals surface area contributed by atoms with Crippen LogP contribution in [-0.2, 0) is 10.0 Å². The topological polar surface area (TPSA) is 61.9 Å². The van der Waals surface area contributed by atoms with E-state index in [-0.39, 0.29) is 22.7 Å². The number of hydrogen-bond donors (Lipinski definition) is 1. The predicted octanol–water partition coefficient (Wildman–Crippen LogP) is 2.08. The maximum atomic E-state index is 13.0. The zero-order valence-electron chi connectivity index (χ0n) is 15.2. The van der Waals surface area contributed by atoms with E-state index in [1.165, 1.54) is 23.9 Å². The van der Waals surface area contributed by atoms with Gasteiger partial charge in [0.25, 0.3) is 0 Å². The van der Waals surface area contributed by atoms with Crippen LogP contribution in [0.4, 0.5) is 0 Å². The maximum Gasteiger partial charge on any atom is 0.246 e. The highest BCUT2D eigenvalue weighted by Gasteiger charge is 2.35. The summed E-state index contributed by atoms with van der Waals surface area (Å²) in [6.45, 7) is 7.88. The Morgan fingerprint density at radius 3 is 2.54 bits per heavy atom. The lowest BCUT2D eigenvalue weighted by molar-refractivity contribution is 0.132. The van der Waals surface area contributed by atoms with Crippen LogP contribution in [0.5, 0.6) is 5.75 Å². The van der Waals surface area contributed by atoms with Crippen LogP contribution in [0, 0.1) is 5.41 Å². The van der Waals surface area contributed by atoms with Crippen molar-refractivity contribution in [2.24, 2.45) is 5.41 Å². The highest BCUT2D eigenvalue weighted by molar-refractivity contribution is 7.89. The Morgan fingerprint density at radius 2 is 1.96 bits per heavy atom. The molecule has 0 radical (unpaired) electrons. The van der Waals surface area contributed by atoms with Crippen LogP contribution in [-0.4, -0.2) is 70.5 Å². The van der Waals surface area contributed by atoms with Gasteiger partial charge >= 0.3 is 0 Å². The number of hydrogen-bond acceptors (Lipinski definition) is 5. The summed E-state index contributed by atoms with van der Waals surface area (Å²) >= 11 is 6.00. The largest absolute Gasteiger partial charge is 0.495 e. The molecule has 0 amide bonds. The van der Waals surface area contributed by atoms with Crippen molar-refractivity contribution in [3.05, 3.63) is 23.2 Å². The third kappa shape index (κ3) is 4.64. The molecule has 0 bridgehead atoms. The maximum absolute atomic E-state index is 13.0. The van der Waals surface area contributed by atoms with Crippen LogP contribution in [0.25, 0.3) is 0 Å². The lowest BCUT2D eigenvalue weighted by Gasteiger charge is -2.38. The summed E-state index contributed by atoms with van der Waals surface area (Å²) in [5.74, 6) is 0.330. The molecule has 9 heteroatoms. The van der Waals surface area contributed by atoms with Crippen molar-refractivity contribution in [1.82, 2.24) is 14.5 Å². The molecule has 2 fully saturated rings.